The van der Waals surface area contributed by atoms with Crippen LogP contribution in [-0.2, 0) is 0 Å². The highest BCUT2D eigenvalue weighted by atomic mass is 32.1. The summed E-state index contributed by atoms with van der Waals surface area (Å²) < 4.78 is 5.40. The van der Waals surface area contributed by atoms with Gasteiger partial charge in [0.2, 0.25) is 0 Å². The van der Waals surface area contributed by atoms with Gasteiger partial charge in [-0.1, -0.05) is 91.0 Å². The molecule has 3 heteroatoms. The van der Waals surface area contributed by atoms with Crippen LogP contribution in [0.5, 0.6) is 0 Å². The van der Waals surface area contributed by atoms with Gasteiger partial charge in [0.05, 0.1) is 20.4 Å². The van der Waals surface area contributed by atoms with Gasteiger partial charge >= 0.3 is 0 Å². The van der Waals surface area contributed by atoms with Gasteiger partial charge < -0.3 is 4.98 Å². The first-order valence-corrected chi connectivity index (χ1v) is 12.8. The summed E-state index contributed by atoms with van der Waals surface area (Å²) >= 11 is 3.80. The number of hydrogen-bond acceptors (Lipinski definition) is 2. The maximum absolute atomic E-state index is 3.87. The Morgan fingerprint density at radius 2 is 1.03 bits per heavy atom. The minimum absolute atomic E-state index is 1.26. The first-order chi connectivity index (χ1) is 16.4. The molecule has 3 aromatic heterocycles. The van der Waals surface area contributed by atoms with Crippen molar-refractivity contribution in [2.24, 2.45) is 0 Å². The van der Waals surface area contributed by atoms with E-state index in [4.69, 9.17) is 0 Å². The second kappa shape index (κ2) is 6.44. The number of thiophene rings is 2. The van der Waals surface area contributed by atoms with Crippen LogP contribution in [0.2, 0.25) is 0 Å². The van der Waals surface area contributed by atoms with Gasteiger partial charge in [0, 0.05) is 41.7 Å². The Bertz CT molecular complexity index is 2020. The summed E-state index contributed by atoms with van der Waals surface area (Å²) in [7, 11) is 0. The fourth-order valence-electron chi connectivity index (χ4n) is 5.32. The van der Waals surface area contributed by atoms with E-state index >= 15 is 0 Å². The average Bonchev–Trinajstić information content (AvgIpc) is 3.55. The Labute approximate surface area is 197 Å². The molecule has 0 unspecified atom stereocenters. The molecular weight excluding hydrogens is 438 g/mol. The molecule has 0 aliphatic heterocycles. The van der Waals surface area contributed by atoms with Crippen molar-refractivity contribution in [2.45, 2.75) is 0 Å². The number of aromatic amines is 1. The van der Waals surface area contributed by atoms with Crippen LogP contribution >= 0.6 is 22.7 Å². The molecule has 1 nitrogen and oxygen atoms in total. The predicted molar refractivity (Wildman–Crippen MR) is 147 cm³/mol. The Hall–Kier alpha value is -3.66. The van der Waals surface area contributed by atoms with Crippen LogP contribution in [0.3, 0.4) is 0 Å². The summed E-state index contributed by atoms with van der Waals surface area (Å²) in [6, 6.07) is 35.4. The number of fused-ring (bicyclic) bond motifs is 11. The largest absolute Gasteiger partial charge is 0.352 e. The zero-order valence-electron chi connectivity index (χ0n) is 17.6. The highest BCUT2D eigenvalue weighted by Crippen LogP contribution is 2.45. The molecule has 3 heterocycles. The van der Waals surface area contributed by atoms with E-state index in [-0.39, 0.29) is 0 Å². The molecule has 154 valence electrons. The van der Waals surface area contributed by atoms with E-state index < -0.39 is 0 Å². The molecule has 8 rings (SSSR count). The van der Waals surface area contributed by atoms with E-state index in [2.05, 4.69) is 102 Å². The van der Waals surface area contributed by atoms with Gasteiger partial charge in [-0.05, 0) is 17.2 Å². The van der Waals surface area contributed by atoms with Gasteiger partial charge in [-0.3, -0.25) is 0 Å². The lowest BCUT2D eigenvalue weighted by molar-refractivity contribution is 1.60. The maximum atomic E-state index is 3.87. The normalized spacial score (nSPS) is 12.2. The molecule has 0 amide bonds. The SMILES string of the molecule is c1ccc(-c2cccc3c2sc2c3ccc3c4ccc5c6ccccc6sc5c4[nH]c32)cc1. The quantitative estimate of drug-likeness (QED) is 0.253. The lowest BCUT2D eigenvalue weighted by Crippen LogP contribution is -1.76. The molecule has 0 fully saturated rings. The van der Waals surface area contributed by atoms with Crippen molar-refractivity contribution < 1.29 is 0 Å². The van der Waals surface area contributed by atoms with Crippen LogP contribution in [-0.4, -0.2) is 4.98 Å². The second-order valence-corrected chi connectivity index (χ2v) is 10.7. The zero-order chi connectivity index (χ0) is 21.5. The van der Waals surface area contributed by atoms with E-state index in [0.717, 1.165) is 0 Å². The lowest BCUT2D eigenvalue weighted by Gasteiger charge is -2.02. The van der Waals surface area contributed by atoms with Crippen molar-refractivity contribution in [2.75, 3.05) is 0 Å². The van der Waals surface area contributed by atoms with Crippen LogP contribution in [0.4, 0.5) is 0 Å². The van der Waals surface area contributed by atoms with Crippen LogP contribution in [0.1, 0.15) is 0 Å². The van der Waals surface area contributed by atoms with Gasteiger partial charge in [-0.2, -0.15) is 0 Å². The van der Waals surface area contributed by atoms with Gasteiger partial charge in [0.15, 0.2) is 0 Å². The third-order valence-electron chi connectivity index (χ3n) is 6.84. The minimum Gasteiger partial charge on any atom is -0.352 e. The lowest BCUT2D eigenvalue weighted by atomic mass is 10.0. The fourth-order valence-corrected chi connectivity index (χ4v) is 7.86. The standard InChI is InChI=1S/C30H17NS2/c1-2-7-17(8-3-1)18-10-6-11-22-24-16-14-21-20-13-15-23-19-9-4-5-12-25(19)32-29(23)26(20)31-27(21)30(24)33-28(18)22/h1-16,31H. The van der Waals surface area contributed by atoms with Crippen molar-refractivity contribution in [3.05, 3.63) is 97.1 Å². The Kier molecular flexibility index (Phi) is 3.48. The zero-order valence-corrected chi connectivity index (χ0v) is 19.2. The van der Waals surface area contributed by atoms with Gasteiger partial charge in [0.1, 0.15) is 0 Å². The average molecular weight is 456 g/mol. The van der Waals surface area contributed by atoms with E-state index in [1.807, 2.05) is 22.7 Å². The summed E-state index contributed by atoms with van der Waals surface area (Å²) in [5, 5.41) is 7.98. The second-order valence-electron chi connectivity index (χ2n) is 8.60. The highest BCUT2D eigenvalue weighted by Gasteiger charge is 2.17. The van der Waals surface area contributed by atoms with Crippen LogP contribution in [0.15, 0.2) is 97.1 Å². The topological polar surface area (TPSA) is 15.8 Å². The van der Waals surface area contributed by atoms with E-state index in [9.17, 15) is 0 Å². The molecule has 0 radical (unpaired) electrons. The fraction of sp³-hybridized carbons (Fsp3) is 0. The predicted octanol–water partition coefficient (Wildman–Crippen LogP) is 9.72. The molecule has 0 spiro atoms. The number of H-pyrrole nitrogens is 1. The van der Waals surface area contributed by atoms with Crippen molar-refractivity contribution in [1.29, 1.82) is 0 Å². The monoisotopic (exact) mass is 455 g/mol. The van der Waals surface area contributed by atoms with Crippen LogP contribution in [0, 0.1) is 0 Å². The molecule has 0 atom stereocenters. The molecule has 0 saturated carbocycles. The summed E-state index contributed by atoms with van der Waals surface area (Å²) in [6.45, 7) is 0. The number of hydrogen-bond donors (Lipinski definition) is 1. The van der Waals surface area contributed by atoms with Crippen molar-refractivity contribution in [1.82, 2.24) is 4.98 Å². The van der Waals surface area contributed by atoms with Crippen LogP contribution < -0.4 is 0 Å². The molecule has 8 aromatic rings. The van der Waals surface area contributed by atoms with Gasteiger partial charge in [-0.15, -0.1) is 22.7 Å². The molecule has 0 aliphatic carbocycles. The molecular formula is C30H17NS2. The first-order valence-electron chi connectivity index (χ1n) is 11.1. The molecule has 33 heavy (non-hydrogen) atoms. The van der Waals surface area contributed by atoms with Gasteiger partial charge in [-0.25, -0.2) is 0 Å². The first kappa shape index (κ1) is 17.8. The van der Waals surface area contributed by atoms with E-state index in [1.54, 1.807) is 0 Å². The summed E-state index contributed by atoms with van der Waals surface area (Å²) in [4.78, 5) is 3.87. The van der Waals surface area contributed by atoms with Gasteiger partial charge in [0.25, 0.3) is 0 Å². The third-order valence-corrected chi connectivity index (χ3v) is 9.32. The van der Waals surface area contributed by atoms with Crippen molar-refractivity contribution >= 4 is 84.8 Å². The Morgan fingerprint density at radius 3 is 1.85 bits per heavy atom. The van der Waals surface area contributed by atoms with Crippen molar-refractivity contribution in [3.8, 4) is 11.1 Å². The Balaban J connectivity index is 1.51. The van der Waals surface area contributed by atoms with E-state index in [1.165, 1.54) is 73.3 Å². The molecule has 5 aromatic carbocycles. The smallest absolute Gasteiger partial charge is 0.0646 e. The highest BCUT2D eigenvalue weighted by molar-refractivity contribution is 7.27. The summed E-state index contributed by atoms with van der Waals surface area (Å²) in [5.41, 5.74) is 5.10. The molecule has 0 aliphatic rings. The molecule has 0 saturated heterocycles. The third kappa shape index (κ3) is 2.36. The Morgan fingerprint density at radius 1 is 0.424 bits per heavy atom. The summed E-state index contributed by atoms with van der Waals surface area (Å²) in [6.07, 6.45) is 0. The number of nitrogens with one attached hydrogen (secondary N) is 1. The number of benzene rings is 5. The maximum Gasteiger partial charge on any atom is 0.0646 e. The number of rotatable bonds is 1. The number of aromatic nitrogens is 1. The molecule has 0 bridgehead atoms. The van der Waals surface area contributed by atoms with E-state index in [0.29, 0.717) is 0 Å². The van der Waals surface area contributed by atoms with Crippen LogP contribution in [0.25, 0.3) is 73.3 Å². The molecule has 1 N–H and O–H groups in total. The minimum atomic E-state index is 1.26. The summed E-state index contributed by atoms with van der Waals surface area (Å²) in [5.74, 6) is 0. The van der Waals surface area contributed by atoms with Crippen molar-refractivity contribution in [3.63, 3.8) is 0 Å².